The van der Waals surface area contributed by atoms with Gasteiger partial charge in [0.1, 0.15) is 0 Å². The summed E-state index contributed by atoms with van der Waals surface area (Å²) in [6, 6.07) is 5.45. The highest BCUT2D eigenvalue weighted by atomic mass is 16.7. The molecule has 2 N–H and O–H groups in total. The molecule has 0 saturated heterocycles. The first-order valence-corrected chi connectivity index (χ1v) is 8.17. The molecule has 24 heavy (non-hydrogen) atoms. The lowest BCUT2D eigenvalue weighted by molar-refractivity contribution is -0.117. The van der Waals surface area contributed by atoms with Crippen molar-refractivity contribution in [1.29, 1.82) is 0 Å². The number of ether oxygens (including phenoxy) is 2. The predicted molar refractivity (Wildman–Crippen MR) is 91.5 cm³/mol. The van der Waals surface area contributed by atoms with Crippen molar-refractivity contribution in [2.24, 2.45) is 0 Å². The van der Waals surface area contributed by atoms with E-state index in [0.717, 1.165) is 23.4 Å². The number of aromatic amines is 1. The molecule has 3 rings (SSSR count). The maximum atomic E-state index is 12.6. The first kappa shape index (κ1) is 16.4. The number of anilines is 1. The number of rotatable bonds is 4. The van der Waals surface area contributed by atoms with Crippen molar-refractivity contribution in [3.63, 3.8) is 0 Å². The van der Waals surface area contributed by atoms with Crippen LogP contribution in [0.4, 0.5) is 5.69 Å². The molecule has 0 saturated carbocycles. The molecule has 1 amide bonds. The van der Waals surface area contributed by atoms with E-state index in [4.69, 9.17) is 9.47 Å². The van der Waals surface area contributed by atoms with Crippen LogP contribution in [0.15, 0.2) is 18.2 Å². The number of carbonyl (C=O) groups excluding carboxylic acids is 1. The molecule has 0 radical (unpaired) electrons. The van der Waals surface area contributed by atoms with Gasteiger partial charge in [0.2, 0.25) is 11.7 Å². The number of benzene rings is 1. The number of nitrogens with zero attached hydrogens (tertiary/aromatic N) is 1. The zero-order valence-electron chi connectivity index (χ0n) is 14.7. The molecule has 0 aliphatic carbocycles. The van der Waals surface area contributed by atoms with E-state index in [0.29, 0.717) is 17.2 Å². The van der Waals surface area contributed by atoms with E-state index in [2.05, 4.69) is 15.5 Å². The minimum Gasteiger partial charge on any atom is -0.449 e. The molecule has 0 fully saturated rings. The van der Waals surface area contributed by atoms with Crippen LogP contribution in [0.3, 0.4) is 0 Å². The molecule has 2 atom stereocenters. The van der Waals surface area contributed by atoms with Crippen molar-refractivity contribution in [3.05, 3.63) is 35.2 Å². The molecule has 2 heterocycles. The lowest BCUT2D eigenvalue weighted by Gasteiger charge is -2.20. The number of hydrogen-bond acceptors (Lipinski definition) is 4. The maximum Gasteiger partial charge on any atom is 0.248 e. The second kappa shape index (κ2) is 5.85. The van der Waals surface area contributed by atoms with Gasteiger partial charge in [-0.2, -0.15) is 5.10 Å². The minimum absolute atomic E-state index is 0.0836. The van der Waals surface area contributed by atoms with Gasteiger partial charge in [-0.25, -0.2) is 0 Å². The quantitative estimate of drug-likeness (QED) is 0.897. The smallest absolute Gasteiger partial charge is 0.248 e. The summed E-state index contributed by atoms with van der Waals surface area (Å²) in [4.78, 5) is 12.6. The molecule has 6 heteroatoms. The maximum absolute atomic E-state index is 12.6. The van der Waals surface area contributed by atoms with Gasteiger partial charge in [0.25, 0.3) is 0 Å². The van der Waals surface area contributed by atoms with Gasteiger partial charge in [0.05, 0.1) is 11.6 Å². The molecule has 0 spiro atoms. The Morgan fingerprint density at radius 2 is 2.04 bits per heavy atom. The summed E-state index contributed by atoms with van der Waals surface area (Å²) in [7, 11) is 0. The number of hydrogen-bond donors (Lipinski definition) is 2. The van der Waals surface area contributed by atoms with Crippen LogP contribution in [0, 0.1) is 13.8 Å². The summed E-state index contributed by atoms with van der Waals surface area (Å²) >= 11 is 0. The molecular weight excluding hydrogens is 306 g/mol. The molecule has 6 nitrogen and oxygen atoms in total. The Labute approximate surface area is 141 Å². The summed E-state index contributed by atoms with van der Waals surface area (Å²) in [5, 5.41) is 10.0. The first-order valence-electron chi connectivity index (χ1n) is 8.17. The average Bonchev–Trinajstić information content (AvgIpc) is 3.05. The second-order valence-electron chi connectivity index (χ2n) is 6.41. The van der Waals surface area contributed by atoms with Gasteiger partial charge in [0.15, 0.2) is 11.5 Å². The van der Waals surface area contributed by atoms with E-state index in [9.17, 15) is 4.79 Å². The number of aromatic nitrogens is 2. The molecule has 1 aromatic carbocycles. The van der Waals surface area contributed by atoms with Crippen molar-refractivity contribution in [2.45, 2.75) is 52.7 Å². The van der Waals surface area contributed by atoms with Gasteiger partial charge in [0, 0.05) is 36.4 Å². The fourth-order valence-electron chi connectivity index (χ4n) is 2.96. The number of H-pyrrole nitrogens is 1. The van der Waals surface area contributed by atoms with E-state index in [1.54, 1.807) is 6.07 Å². The van der Waals surface area contributed by atoms with Crippen LogP contribution in [0.5, 0.6) is 11.5 Å². The van der Waals surface area contributed by atoms with Gasteiger partial charge < -0.3 is 14.8 Å². The number of fused-ring (bicyclic) bond motifs is 1. The molecule has 1 aliphatic rings. The Morgan fingerprint density at radius 3 is 2.67 bits per heavy atom. The van der Waals surface area contributed by atoms with Crippen molar-refractivity contribution >= 4 is 11.6 Å². The van der Waals surface area contributed by atoms with E-state index >= 15 is 0 Å². The van der Waals surface area contributed by atoms with E-state index in [1.807, 2.05) is 46.8 Å². The number of nitrogens with one attached hydrogen (secondary N) is 2. The van der Waals surface area contributed by atoms with Crippen LogP contribution in [0.1, 0.15) is 50.1 Å². The number of amides is 1. The normalized spacial score (nSPS) is 20.0. The monoisotopic (exact) mass is 329 g/mol. The molecule has 2 aromatic rings. The third-order valence-corrected chi connectivity index (χ3v) is 4.52. The third-order valence-electron chi connectivity index (χ3n) is 4.52. The Kier molecular flexibility index (Phi) is 3.99. The van der Waals surface area contributed by atoms with Crippen molar-refractivity contribution in [3.8, 4) is 11.5 Å². The van der Waals surface area contributed by atoms with Crippen molar-refractivity contribution in [2.75, 3.05) is 5.32 Å². The second-order valence-corrected chi connectivity index (χ2v) is 6.41. The summed E-state index contributed by atoms with van der Waals surface area (Å²) in [6.45, 7) is 9.60. The molecular formula is C18H23N3O3. The van der Waals surface area contributed by atoms with Crippen LogP contribution in [-0.4, -0.2) is 21.9 Å². The average molecular weight is 329 g/mol. The Morgan fingerprint density at radius 1 is 1.33 bits per heavy atom. The van der Waals surface area contributed by atoms with Crippen LogP contribution in [0.25, 0.3) is 0 Å². The summed E-state index contributed by atoms with van der Waals surface area (Å²) in [5.41, 5.74) is 3.39. The van der Waals surface area contributed by atoms with Crippen molar-refractivity contribution < 1.29 is 14.3 Å². The Hall–Kier alpha value is -2.50. The third kappa shape index (κ3) is 2.84. The zero-order valence-corrected chi connectivity index (χ0v) is 14.7. The summed E-state index contributed by atoms with van der Waals surface area (Å²) < 4.78 is 11.6. The lowest BCUT2D eigenvalue weighted by atomic mass is 9.98. The first-order chi connectivity index (χ1) is 11.3. The standard InChI is InChI=1S/C18H23N3O3/c1-6-18(5)23-14-8-7-13(9-15(14)24-18)19-17(22)10(2)16-11(3)20-21-12(16)4/h7-10H,6H2,1-5H3,(H,19,22)(H,20,21)/t10-,18-/m1/s1. The molecule has 1 aromatic heterocycles. The van der Waals surface area contributed by atoms with E-state index in [1.165, 1.54) is 0 Å². The summed E-state index contributed by atoms with van der Waals surface area (Å²) in [5.74, 6) is 0.339. The fraction of sp³-hybridized carbons (Fsp3) is 0.444. The van der Waals surface area contributed by atoms with Gasteiger partial charge >= 0.3 is 0 Å². The lowest BCUT2D eigenvalue weighted by Crippen LogP contribution is -2.33. The van der Waals surface area contributed by atoms with Crippen LogP contribution in [-0.2, 0) is 4.79 Å². The van der Waals surface area contributed by atoms with E-state index < -0.39 is 5.79 Å². The minimum atomic E-state index is -0.636. The SMILES string of the molecule is CC[C@]1(C)Oc2ccc(NC(=O)[C@H](C)c3c(C)n[nH]c3C)cc2O1. The van der Waals surface area contributed by atoms with Gasteiger partial charge in [-0.1, -0.05) is 6.92 Å². The van der Waals surface area contributed by atoms with Crippen LogP contribution < -0.4 is 14.8 Å². The fourth-order valence-corrected chi connectivity index (χ4v) is 2.96. The van der Waals surface area contributed by atoms with Gasteiger partial charge in [-0.05, 0) is 32.9 Å². The van der Waals surface area contributed by atoms with Gasteiger partial charge in [-0.3, -0.25) is 9.89 Å². The number of carbonyl (C=O) groups is 1. The van der Waals surface area contributed by atoms with Crippen molar-refractivity contribution in [1.82, 2.24) is 10.2 Å². The topological polar surface area (TPSA) is 76.2 Å². The Bertz CT molecular complexity index is 764. The van der Waals surface area contributed by atoms with Gasteiger partial charge in [-0.15, -0.1) is 0 Å². The molecule has 0 unspecified atom stereocenters. The highest BCUT2D eigenvalue weighted by molar-refractivity contribution is 5.96. The zero-order chi connectivity index (χ0) is 17.5. The predicted octanol–water partition coefficient (Wildman–Crippen LogP) is 3.67. The summed E-state index contributed by atoms with van der Waals surface area (Å²) in [6.07, 6.45) is 0.736. The van der Waals surface area contributed by atoms with Crippen LogP contribution >= 0.6 is 0 Å². The highest BCUT2D eigenvalue weighted by Gasteiger charge is 2.35. The molecule has 0 bridgehead atoms. The largest absolute Gasteiger partial charge is 0.449 e. The molecule has 128 valence electrons. The van der Waals surface area contributed by atoms with Crippen LogP contribution in [0.2, 0.25) is 0 Å². The number of aryl methyl sites for hydroxylation is 2. The Balaban J connectivity index is 1.76. The van der Waals surface area contributed by atoms with E-state index in [-0.39, 0.29) is 11.8 Å². The molecule has 1 aliphatic heterocycles. The highest BCUT2D eigenvalue weighted by Crippen LogP contribution is 2.42.